The Morgan fingerprint density at radius 2 is 0.581 bits per heavy atom. The quantitative estimate of drug-likeness (QED) is 0.0485. The van der Waals surface area contributed by atoms with E-state index in [1.54, 1.807) is 0 Å². The van der Waals surface area contributed by atoms with Crippen molar-refractivity contribution in [3.8, 4) is 0 Å². The predicted molar refractivity (Wildman–Crippen MR) is 269 cm³/mol. The van der Waals surface area contributed by atoms with Crippen LogP contribution >= 0.6 is 0 Å². The lowest BCUT2D eigenvalue weighted by Gasteiger charge is -2.22. The number of ether oxygens (including phenoxy) is 2. The second kappa shape index (κ2) is 50.9. The third-order valence-electron chi connectivity index (χ3n) is 13.2. The third-order valence-corrected chi connectivity index (χ3v) is 13.2. The number of hydrogen-bond acceptors (Lipinski definition) is 6. The third kappa shape index (κ3) is 45.4. The maximum atomic E-state index is 12.9. The maximum absolute atomic E-state index is 12.9. The van der Waals surface area contributed by atoms with Gasteiger partial charge in [-0.2, -0.15) is 0 Å². The predicted octanol–water partition coefficient (Wildman–Crippen LogP) is 17.3. The van der Waals surface area contributed by atoms with Gasteiger partial charge in [0, 0.05) is 19.4 Å². The zero-order chi connectivity index (χ0) is 45.2. The minimum atomic E-state index is 0.0329. The molecule has 0 saturated carbocycles. The number of carbonyl (C=O) groups is 2. The number of esters is 2. The van der Waals surface area contributed by atoms with Crippen molar-refractivity contribution >= 4 is 11.9 Å². The fourth-order valence-electron chi connectivity index (χ4n) is 9.03. The molecule has 0 atom stereocenters. The van der Waals surface area contributed by atoms with Gasteiger partial charge >= 0.3 is 11.9 Å². The highest BCUT2D eigenvalue weighted by Crippen LogP contribution is 2.20. The number of aliphatic hydroxyl groups excluding tert-OH is 1. The normalized spacial score (nSPS) is 11.7. The van der Waals surface area contributed by atoms with Crippen LogP contribution in [0.15, 0.2) is 0 Å². The Kier molecular flexibility index (Phi) is 49.9. The Labute approximate surface area is 388 Å². The van der Waals surface area contributed by atoms with Crippen LogP contribution < -0.4 is 0 Å². The molecule has 0 aromatic carbocycles. The molecule has 0 unspecified atom stereocenters. The van der Waals surface area contributed by atoms with E-state index in [0.717, 1.165) is 83.8 Å². The molecule has 0 aliphatic heterocycles. The van der Waals surface area contributed by atoms with E-state index >= 15 is 0 Å². The summed E-state index contributed by atoms with van der Waals surface area (Å²) in [5, 5.41) is 9.21. The number of rotatable bonds is 52. The molecule has 1 N–H and O–H groups in total. The second-order valence-electron chi connectivity index (χ2n) is 19.5. The topological polar surface area (TPSA) is 76.1 Å². The first-order chi connectivity index (χ1) is 30.5. The van der Waals surface area contributed by atoms with Crippen molar-refractivity contribution in [1.29, 1.82) is 0 Å². The van der Waals surface area contributed by atoms with Crippen molar-refractivity contribution in [2.24, 2.45) is 0 Å². The van der Waals surface area contributed by atoms with Crippen LogP contribution in [0.4, 0.5) is 0 Å². The van der Waals surface area contributed by atoms with Crippen LogP contribution in [0.5, 0.6) is 0 Å². The van der Waals surface area contributed by atoms with Gasteiger partial charge in [-0.25, -0.2) is 0 Å². The van der Waals surface area contributed by atoms with Gasteiger partial charge in [-0.05, 0) is 110 Å². The Morgan fingerprint density at radius 3 is 0.871 bits per heavy atom. The zero-order valence-electron chi connectivity index (χ0n) is 42.6. The molecule has 62 heavy (non-hydrogen) atoms. The molecule has 0 saturated heterocycles. The van der Waals surface area contributed by atoms with E-state index in [9.17, 15) is 14.7 Å². The Bertz CT molecular complexity index is 802. The van der Waals surface area contributed by atoms with E-state index in [4.69, 9.17) is 9.47 Å². The first kappa shape index (κ1) is 60.9. The molecule has 0 aromatic heterocycles. The molecule has 0 aliphatic rings. The molecular weight excluding hydrogens is 767 g/mol. The average Bonchev–Trinajstić information content (AvgIpc) is 3.26. The highest BCUT2D eigenvalue weighted by molar-refractivity contribution is 5.69. The monoisotopic (exact) mass is 878 g/mol. The minimum Gasteiger partial charge on any atom is -0.462 e. The van der Waals surface area contributed by atoms with Gasteiger partial charge in [0.15, 0.2) is 0 Å². The molecule has 0 radical (unpaired) electrons. The molecule has 6 heteroatoms. The number of hydrogen-bond donors (Lipinski definition) is 1. The molecule has 0 spiro atoms. The van der Waals surface area contributed by atoms with Gasteiger partial charge in [0.05, 0.1) is 0 Å². The van der Waals surface area contributed by atoms with E-state index in [-0.39, 0.29) is 24.1 Å². The van der Waals surface area contributed by atoms with E-state index in [2.05, 4.69) is 32.6 Å². The molecule has 0 rings (SSSR count). The summed E-state index contributed by atoms with van der Waals surface area (Å²) in [5.41, 5.74) is 0. The fraction of sp³-hybridized carbons (Fsp3) is 0.964. The van der Waals surface area contributed by atoms with Gasteiger partial charge in [-0.1, -0.05) is 207 Å². The van der Waals surface area contributed by atoms with Gasteiger partial charge in [-0.15, -0.1) is 0 Å². The van der Waals surface area contributed by atoms with Crippen molar-refractivity contribution in [3.63, 3.8) is 0 Å². The summed E-state index contributed by atoms with van der Waals surface area (Å²) in [6.45, 7) is 12.9. The van der Waals surface area contributed by atoms with Crippen LogP contribution in [-0.4, -0.2) is 60.4 Å². The Hall–Kier alpha value is -1.14. The van der Waals surface area contributed by atoms with Gasteiger partial charge in [0.2, 0.25) is 0 Å². The van der Waals surface area contributed by atoms with Crippen molar-refractivity contribution in [1.82, 2.24) is 4.90 Å². The summed E-state index contributed by atoms with van der Waals surface area (Å²) in [6.07, 6.45) is 52.3. The molecule has 0 aliphatic carbocycles. The van der Waals surface area contributed by atoms with Crippen LogP contribution in [0, 0.1) is 0 Å². The fourth-order valence-corrected chi connectivity index (χ4v) is 9.03. The first-order valence-corrected chi connectivity index (χ1v) is 28.2. The SMILES string of the molecule is CCCCCCCCC(CCCCCCCC)OC(=O)CCCCCCCN(CCCCCCO)CCCCCCCC(=O)OC(CCCCCCCC)CCCCCCCC. The summed E-state index contributed by atoms with van der Waals surface area (Å²) in [5.74, 6) is 0.0658. The van der Waals surface area contributed by atoms with E-state index in [1.165, 1.54) is 205 Å². The minimum absolute atomic E-state index is 0.0329. The van der Waals surface area contributed by atoms with Crippen molar-refractivity contribution < 1.29 is 24.2 Å². The summed E-state index contributed by atoms with van der Waals surface area (Å²) in [7, 11) is 0. The first-order valence-electron chi connectivity index (χ1n) is 28.2. The van der Waals surface area contributed by atoms with E-state index in [1.807, 2.05) is 0 Å². The van der Waals surface area contributed by atoms with Crippen LogP contribution in [0.1, 0.15) is 310 Å². The highest BCUT2D eigenvalue weighted by atomic mass is 16.5. The molecule has 0 fully saturated rings. The van der Waals surface area contributed by atoms with Crippen LogP contribution in [0.3, 0.4) is 0 Å². The molecule has 370 valence electrons. The van der Waals surface area contributed by atoms with Gasteiger partial charge in [-0.3, -0.25) is 9.59 Å². The second-order valence-corrected chi connectivity index (χ2v) is 19.5. The van der Waals surface area contributed by atoms with Crippen molar-refractivity contribution in [2.75, 3.05) is 26.2 Å². The lowest BCUT2D eigenvalue weighted by Crippen LogP contribution is -2.27. The number of carbonyl (C=O) groups excluding carboxylic acids is 2. The van der Waals surface area contributed by atoms with Crippen molar-refractivity contribution in [3.05, 3.63) is 0 Å². The summed E-state index contributed by atoms with van der Waals surface area (Å²) < 4.78 is 12.2. The Morgan fingerprint density at radius 1 is 0.339 bits per heavy atom. The Balaban J connectivity index is 4.48. The van der Waals surface area contributed by atoms with E-state index in [0.29, 0.717) is 19.4 Å². The lowest BCUT2D eigenvalue weighted by molar-refractivity contribution is -0.151. The standard InChI is InChI=1S/C56H111NO5/c1-5-9-13-17-23-33-43-53(44-34-24-18-14-10-6-2)61-55(59)47-37-27-21-29-39-49-57(51-41-31-32-42-52-58)50-40-30-22-28-38-48-56(60)62-54(45-35-25-19-15-11-7-3)46-36-26-20-16-12-8-4/h53-54,58H,5-52H2,1-4H3. The van der Waals surface area contributed by atoms with Gasteiger partial charge < -0.3 is 19.5 Å². The zero-order valence-corrected chi connectivity index (χ0v) is 42.6. The highest BCUT2D eigenvalue weighted by Gasteiger charge is 2.16. The molecule has 6 nitrogen and oxygen atoms in total. The maximum Gasteiger partial charge on any atom is 0.306 e. The lowest BCUT2D eigenvalue weighted by atomic mass is 10.0. The molecule has 0 amide bonds. The van der Waals surface area contributed by atoms with Crippen molar-refractivity contribution in [2.45, 2.75) is 322 Å². The molecule has 0 aromatic rings. The van der Waals surface area contributed by atoms with Crippen LogP contribution in [-0.2, 0) is 19.1 Å². The van der Waals surface area contributed by atoms with Crippen LogP contribution in [0.25, 0.3) is 0 Å². The number of aliphatic hydroxyl groups is 1. The van der Waals surface area contributed by atoms with E-state index < -0.39 is 0 Å². The largest absolute Gasteiger partial charge is 0.462 e. The van der Waals surface area contributed by atoms with Gasteiger partial charge in [0.25, 0.3) is 0 Å². The average molecular weight is 879 g/mol. The summed E-state index contributed by atoms with van der Waals surface area (Å²) >= 11 is 0. The van der Waals surface area contributed by atoms with Gasteiger partial charge in [0.1, 0.15) is 12.2 Å². The smallest absolute Gasteiger partial charge is 0.306 e. The number of nitrogens with zero attached hydrogens (tertiary/aromatic N) is 1. The number of unbranched alkanes of at least 4 members (excludes halogenated alkanes) is 31. The molecule has 0 heterocycles. The molecule has 0 bridgehead atoms. The summed E-state index contributed by atoms with van der Waals surface area (Å²) in [6, 6.07) is 0. The summed E-state index contributed by atoms with van der Waals surface area (Å²) in [4.78, 5) is 28.4. The van der Waals surface area contributed by atoms with Crippen LogP contribution in [0.2, 0.25) is 0 Å². The molecular formula is C56H111NO5.